The Kier molecular flexibility index (Phi) is 6.22. The molecular formula is C24H24N4O6. The van der Waals surface area contributed by atoms with Crippen LogP contribution < -0.4 is 20.7 Å². The number of aromatic nitrogens is 2. The van der Waals surface area contributed by atoms with Crippen LogP contribution >= 0.6 is 0 Å². The smallest absolute Gasteiger partial charge is 0.331 e. The molecule has 0 fully saturated rings. The molecule has 0 saturated heterocycles. The Balaban J connectivity index is 1.79. The highest BCUT2D eigenvalue weighted by atomic mass is 16.5. The van der Waals surface area contributed by atoms with Crippen LogP contribution in [-0.2, 0) is 11.3 Å². The molecule has 10 nitrogen and oxygen atoms in total. The summed E-state index contributed by atoms with van der Waals surface area (Å²) in [5, 5.41) is 16.5. The normalized spacial score (nSPS) is 15.2. The molecule has 10 heteroatoms. The molecular weight excluding hydrogens is 440 g/mol. The molecule has 4 rings (SSSR count). The number of aromatic amines is 1. The van der Waals surface area contributed by atoms with Crippen molar-refractivity contribution in [1.29, 1.82) is 0 Å². The second kappa shape index (κ2) is 9.26. The van der Waals surface area contributed by atoms with Crippen LogP contribution in [0.5, 0.6) is 17.4 Å². The maximum atomic E-state index is 12.7. The SMILES string of the molecule is COc1ccc(OC)c(C2CC(c3c(O)n(Cc4ccccc4)c(=O)[nH]c3=O)=NN2C(C)=O)c1. The standard InChI is InChI=1S/C24H24N4O6/c1-14(29)28-19(17-11-16(33-2)9-10-20(17)34-3)12-18(26-28)21-22(30)25-24(32)27(23(21)31)13-15-7-5-4-6-8-15/h4-11,19,31H,12-13H2,1-3H3,(H,25,30,32). The summed E-state index contributed by atoms with van der Waals surface area (Å²) in [6, 6.07) is 13.6. The van der Waals surface area contributed by atoms with Gasteiger partial charge in [0.15, 0.2) is 0 Å². The predicted octanol–water partition coefficient (Wildman–Crippen LogP) is 2.01. The van der Waals surface area contributed by atoms with Gasteiger partial charge in [-0.2, -0.15) is 5.10 Å². The van der Waals surface area contributed by atoms with E-state index in [2.05, 4.69) is 10.1 Å². The van der Waals surface area contributed by atoms with Gasteiger partial charge in [0.05, 0.1) is 32.5 Å². The molecule has 3 aromatic rings. The van der Waals surface area contributed by atoms with Crippen LogP contribution in [0.15, 0.2) is 63.2 Å². The quantitative estimate of drug-likeness (QED) is 0.575. The van der Waals surface area contributed by atoms with Crippen molar-refractivity contribution in [3.63, 3.8) is 0 Å². The molecule has 1 unspecified atom stereocenters. The fraction of sp³-hybridized carbons (Fsp3) is 0.250. The minimum Gasteiger partial charge on any atom is -0.497 e. The highest BCUT2D eigenvalue weighted by molar-refractivity contribution is 6.04. The number of amides is 1. The van der Waals surface area contributed by atoms with Gasteiger partial charge in [0, 0.05) is 18.9 Å². The molecule has 0 spiro atoms. The van der Waals surface area contributed by atoms with E-state index < -0.39 is 23.2 Å². The van der Waals surface area contributed by atoms with Gasteiger partial charge in [-0.05, 0) is 23.8 Å². The molecule has 2 aromatic carbocycles. The zero-order valence-electron chi connectivity index (χ0n) is 18.9. The minimum absolute atomic E-state index is 0.0477. The molecule has 0 aliphatic carbocycles. The van der Waals surface area contributed by atoms with Crippen LogP contribution in [0.1, 0.15) is 36.1 Å². The molecule has 176 valence electrons. The first kappa shape index (κ1) is 22.8. The number of benzene rings is 2. The van der Waals surface area contributed by atoms with Gasteiger partial charge < -0.3 is 14.6 Å². The van der Waals surface area contributed by atoms with Crippen molar-refractivity contribution in [3.8, 4) is 17.4 Å². The van der Waals surface area contributed by atoms with E-state index >= 15 is 0 Å². The largest absolute Gasteiger partial charge is 0.497 e. The molecule has 1 amide bonds. The van der Waals surface area contributed by atoms with E-state index in [0.29, 0.717) is 17.1 Å². The van der Waals surface area contributed by atoms with Crippen molar-refractivity contribution in [1.82, 2.24) is 14.6 Å². The third-order valence-electron chi connectivity index (χ3n) is 5.67. The maximum absolute atomic E-state index is 12.7. The van der Waals surface area contributed by atoms with Crippen LogP contribution in [-0.4, -0.2) is 45.5 Å². The first-order valence-electron chi connectivity index (χ1n) is 10.5. The number of nitrogens with one attached hydrogen (secondary N) is 1. The van der Waals surface area contributed by atoms with Crippen molar-refractivity contribution in [3.05, 3.63) is 86.1 Å². The Morgan fingerprint density at radius 3 is 2.53 bits per heavy atom. The maximum Gasteiger partial charge on any atom is 0.331 e. The number of carbonyl (C=O) groups excluding carboxylic acids is 1. The van der Waals surface area contributed by atoms with Gasteiger partial charge in [-0.15, -0.1) is 0 Å². The Morgan fingerprint density at radius 1 is 1.15 bits per heavy atom. The van der Waals surface area contributed by atoms with Crippen molar-refractivity contribution >= 4 is 11.6 Å². The Labute approximate surface area is 194 Å². The van der Waals surface area contributed by atoms with E-state index in [4.69, 9.17) is 9.47 Å². The van der Waals surface area contributed by atoms with Gasteiger partial charge in [0.2, 0.25) is 11.8 Å². The first-order valence-corrected chi connectivity index (χ1v) is 10.5. The number of H-pyrrole nitrogens is 1. The molecule has 1 aliphatic heterocycles. The number of methoxy groups -OCH3 is 2. The van der Waals surface area contributed by atoms with E-state index in [1.165, 1.54) is 26.2 Å². The summed E-state index contributed by atoms with van der Waals surface area (Å²) >= 11 is 0. The molecule has 1 aromatic heterocycles. The lowest BCUT2D eigenvalue weighted by Crippen LogP contribution is -2.34. The molecule has 0 bridgehead atoms. The van der Waals surface area contributed by atoms with Crippen LogP contribution in [0, 0.1) is 0 Å². The second-order valence-electron chi connectivity index (χ2n) is 7.77. The highest BCUT2D eigenvalue weighted by Crippen LogP contribution is 2.39. The van der Waals surface area contributed by atoms with Gasteiger partial charge in [0.25, 0.3) is 5.56 Å². The van der Waals surface area contributed by atoms with Crippen LogP contribution in [0.2, 0.25) is 0 Å². The summed E-state index contributed by atoms with van der Waals surface area (Å²) < 4.78 is 11.8. The minimum atomic E-state index is -0.785. The Bertz CT molecular complexity index is 1380. The summed E-state index contributed by atoms with van der Waals surface area (Å²) in [5.74, 6) is 0.196. The number of ether oxygens (including phenoxy) is 2. The van der Waals surface area contributed by atoms with Gasteiger partial charge in [0.1, 0.15) is 17.1 Å². The summed E-state index contributed by atoms with van der Waals surface area (Å²) in [4.78, 5) is 39.9. The Morgan fingerprint density at radius 2 is 1.88 bits per heavy atom. The van der Waals surface area contributed by atoms with Crippen molar-refractivity contribution in [2.75, 3.05) is 14.2 Å². The number of carbonyl (C=O) groups is 1. The predicted molar refractivity (Wildman–Crippen MR) is 124 cm³/mol. The third kappa shape index (κ3) is 4.17. The highest BCUT2D eigenvalue weighted by Gasteiger charge is 2.36. The van der Waals surface area contributed by atoms with Crippen molar-refractivity contribution in [2.45, 2.75) is 25.9 Å². The summed E-state index contributed by atoms with van der Waals surface area (Å²) in [5.41, 5.74) is -0.132. The van der Waals surface area contributed by atoms with Crippen LogP contribution in [0.4, 0.5) is 0 Å². The van der Waals surface area contributed by atoms with Crippen molar-refractivity contribution in [2.24, 2.45) is 5.10 Å². The van der Waals surface area contributed by atoms with Gasteiger partial charge in [-0.3, -0.25) is 19.1 Å². The summed E-state index contributed by atoms with van der Waals surface area (Å²) in [6.45, 7) is 1.40. The van der Waals surface area contributed by atoms with Crippen LogP contribution in [0.3, 0.4) is 0 Å². The number of hydrogen-bond acceptors (Lipinski definition) is 7. The van der Waals surface area contributed by atoms with Gasteiger partial charge >= 0.3 is 5.69 Å². The van der Waals surface area contributed by atoms with Gasteiger partial charge in [-0.1, -0.05) is 30.3 Å². The number of rotatable bonds is 6. The zero-order chi connectivity index (χ0) is 24.4. The molecule has 2 N–H and O–H groups in total. The number of nitrogens with zero attached hydrogens (tertiary/aromatic N) is 3. The number of hydrazone groups is 1. The molecule has 1 aliphatic rings. The first-order chi connectivity index (χ1) is 16.3. The van der Waals surface area contributed by atoms with E-state index in [1.807, 2.05) is 18.2 Å². The Hall–Kier alpha value is -4.34. The lowest BCUT2D eigenvalue weighted by atomic mass is 9.98. The summed E-state index contributed by atoms with van der Waals surface area (Å²) in [7, 11) is 3.04. The molecule has 2 heterocycles. The molecule has 0 saturated carbocycles. The number of hydrogen-bond donors (Lipinski definition) is 2. The van der Waals surface area contributed by atoms with E-state index in [9.17, 15) is 19.5 Å². The summed E-state index contributed by atoms with van der Waals surface area (Å²) in [6.07, 6.45) is 0.114. The monoisotopic (exact) mass is 464 g/mol. The van der Waals surface area contributed by atoms with Crippen LogP contribution in [0.25, 0.3) is 0 Å². The van der Waals surface area contributed by atoms with E-state index in [1.54, 1.807) is 30.3 Å². The molecule has 34 heavy (non-hydrogen) atoms. The fourth-order valence-corrected chi connectivity index (χ4v) is 4.03. The lowest BCUT2D eigenvalue weighted by molar-refractivity contribution is -0.130. The fourth-order valence-electron chi connectivity index (χ4n) is 4.03. The van der Waals surface area contributed by atoms with Gasteiger partial charge in [-0.25, -0.2) is 9.80 Å². The average Bonchev–Trinajstić information content (AvgIpc) is 3.27. The third-order valence-corrected chi connectivity index (χ3v) is 5.67. The average molecular weight is 464 g/mol. The second-order valence-corrected chi connectivity index (χ2v) is 7.77. The van der Waals surface area contributed by atoms with E-state index in [-0.39, 0.29) is 30.1 Å². The zero-order valence-corrected chi connectivity index (χ0v) is 18.9. The lowest BCUT2D eigenvalue weighted by Gasteiger charge is -2.22. The number of aromatic hydroxyl groups is 1. The van der Waals surface area contributed by atoms with Crippen molar-refractivity contribution < 1.29 is 19.4 Å². The molecule has 0 radical (unpaired) electrons. The van der Waals surface area contributed by atoms with E-state index in [0.717, 1.165) is 10.1 Å². The topological polar surface area (TPSA) is 126 Å². The molecule has 1 atom stereocenters.